The van der Waals surface area contributed by atoms with E-state index in [-0.39, 0.29) is 0 Å². The highest BCUT2D eigenvalue weighted by atomic mass is 16.5. The summed E-state index contributed by atoms with van der Waals surface area (Å²) in [5, 5.41) is 0. The van der Waals surface area contributed by atoms with E-state index >= 15 is 0 Å². The van der Waals surface area contributed by atoms with Crippen molar-refractivity contribution in [1.29, 1.82) is 0 Å². The Balaban J connectivity index is 1.46. The third-order valence-electron chi connectivity index (χ3n) is 7.15. The fourth-order valence-electron chi connectivity index (χ4n) is 5.48. The Labute approximate surface area is 158 Å². The van der Waals surface area contributed by atoms with E-state index in [2.05, 4.69) is 13.8 Å². The van der Waals surface area contributed by atoms with Crippen LogP contribution in [0.25, 0.3) is 0 Å². The summed E-state index contributed by atoms with van der Waals surface area (Å²) in [6, 6.07) is 0. The second kappa shape index (κ2) is 13.2. The molecule has 0 aromatic heterocycles. The largest absolute Gasteiger partial charge is 0.379 e. The molecule has 148 valence electrons. The van der Waals surface area contributed by atoms with Crippen LogP contribution in [0.3, 0.4) is 0 Å². The normalized spacial score (nSPS) is 30.5. The van der Waals surface area contributed by atoms with E-state index in [9.17, 15) is 0 Å². The summed E-state index contributed by atoms with van der Waals surface area (Å²) in [5.41, 5.74) is 0. The molecule has 0 aromatic rings. The zero-order valence-electron chi connectivity index (χ0n) is 17.4. The van der Waals surface area contributed by atoms with E-state index in [1.54, 1.807) is 0 Å². The molecule has 0 heterocycles. The lowest BCUT2D eigenvalue weighted by molar-refractivity contribution is 0.0134. The number of ether oxygens (including phenoxy) is 1. The minimum absolute atomic E-state index is 0.583. The minimum atomic E-state index is 0.583. The van der Waals surface area contributed by atoms with Crippen molar-refractivity contribution in [1.82, 2.24) is 0 Å². The first-order chi connectivity index (χ1) is 12.3. The summed E-state index contributed by atoms with van der Waals surface area (Å²) in [6.07, 6.45) is 25.5. The van der Waals surface area contributed by atoms with E-state index in [0.717, 1.165) is 24.4 Å². The van der Waals surface area contributed by atoms with Crippen molar-refractivity contribution in [2.75, 3.05) is 6.61 Å². The van der Waals surface area contributed by atoms with Gasteiger partial charge in [0.25, 0.3) is 0 Å². The van der Waals surface area contributed by atoms with E-state index in [0.29, 0.717) is 6.10 Å². The van der Waals surface area contributed by atoms with Crippen molar-refractivity contribution in [3.8, 4) is 0 Å². The molecule has 0 aliphatic heterocycles. The van der Waals surface area contributed by atoms with Gasteiger partial charge in [0.2, 0.25) is 0 Å². The van der Waals surface area contributed by atoms with Gasteiger partial charge < -0.3 is 4.74 Å². The van der Waals surface area contributed by atoms with Crippen molar-refractivity contribution >= 4 is 0 Å². The number of hydrogen-bond acceptors (Lipinski definition) is 1. The van der Waals surface area contributed by atoms with Crippen LogP contribution in [0.2, 0.25) is 0 Å². The predicted octanol–water partition coefficient (Wildman–Crippen LogP) is 7.92. The lowest BCUT2D eigenvalue weighted by Crippen LogP contribution is -2.28. The van der Waals surface area contributed by atoms with Crippen LogP contribution < -0.4 is 0 Å². The molecule has 0 bridgehead atoms. The maximum Gasteiger partial charge on any atom is 0.0575 e. The molecular formula is C24H46O. The van der Waals surface area contributed by atoms with Crippen molar-refractivity contribution in [2.45, 2.75) is 129 Å². The highest BCUT2D eigenvalue weighted by Gasteiger charge is 2.30. The van der Waals surface area contributed by atoms with E-state index < -0.39 is 0 Å². The molecule has 2 rings (SSSR count). The molecule has 0 unspecified atom stereocenters. The topological polar surface area (TPSA) is 9.23 Å². The second-order valence-electron chi connectivity index (χ2n) is 9.04. The molecule has 1 heteroatoms. The Bertz CT molecular complexity index is 297. The van der Waals surface area contributed by atoms with E-state index in [1.165, 1.54) is 109 Å². The van der Waals surface area contributed by atoms with Gasteiger partial charge in [-0.25, -0.2) is 0 Å². The van der Waals surface area contributed by atoms with Gasteiger partial charge in [0.15, 0.2) is 0 Å². The molecule has 1 nitrogen and oxygen atoms in total. The quantitative estimate of drug-likeness (QED) is 0.325. The molecule has 2 fully saturated rings. The Kier molecular flexibility index (Phi) is 11.2. The van der Waals surface area contributed by atoms with Gasteiger partial charge in [0, 0.05) is 6.61 Å². The number of unbranched alkanes of at least 4 members (excludes halogenated alkanes) is 7. The predicted molar refractivity (Wildman–Crippen MR) is 110 cm³/mol. The molecule has 0 N–H and O–H groups in total. The SMILES string of the molecule is CCCCCCCCCCC1CCC([C@H]2CC[C@H](OCC)CC2)CC1. The molecule has 0 aromatic carbocycles. The van der Waals surface area contributed by atoms with Crippen molar-refractivity contribution < 1.29 is 4.74 Å². The lowest BCUT2D eigenvalue weighted by Gasteiger charge is -2.37. The van der Waals surface area contributed by atoms with Crippen LogP contribution in [0.4, 0.5) is 0 Å². The van der Waals surface area contributed by atoms with Crippen LogP contribution in [-0.4, -0.2) is 12.7 Å². The average molecular weight is 351 g/mol. The molecule has 2 aliphatic carbocycles. The zero-order valence-corrected chi connectivity index (χ0v) is 17.4. The average Bonchev–Trinajstić information content (AvgIpc) is 2.65. The minimum Gasteiger partial charge on any atom is -0.379 e. The lowest BCUT2D eigenvalue weighted by atomic mass is 9.70. The molecule has 0 saturated heterocycles. The third-order valence-corrected chi connectivity index (χ3v) is 7.15. The molecule has 0 amide bonds. The summed E-state index contributed by atoms with van der Waals surface area (Å²) >= 11 is 0. The Morgan fingerprint density at radius 1 is 0.600 bits per heavy atom. The molecule has 0 spiro atoms. The van der Waals surface area contributed by atoms with Crippen LogP contribution in [0.1, 0.15) is 123 Å². The van der Waals surface area contributed by atoms with Gasteiger partial charge in [-0.2, -0.15) is 0 Å². The first kappa shape index (κ1) is 21.3. The van der Waals surface area contributed by atoms with Gasteiger partial charge in [-0.05, 0) is 63.2 Å². The van der Waals surface area contributed by atoms with Crippen LogP contribution >= 0.6 is 0 Å². The maximum absolute atomic E-state index is 5.83. The van der Waals surface area contributed by atoms with Crippen molar-refractivity contribution in [2.24, 2.45) is 17.8 Å². The highest BCUT2D eigenvalue weighted by molar-refractivity contribution is 4.82. The standard InChI is InChI=1S/C24H46O/c1-3-5-6-7-8-9-10-11-12-21-13-15-22(16-14-21)23-17-19-24(20-18-23)25-4-2/h21-24H,3-20H2,1-2H3/t21?,22?,23-,24-. The fraction of sp³-hybridized carbons (Fsp3) is 1.00. The zero-order chi connectivity index (χ0) is 17.7. The van der Waals surface area contributed by atoms with E-state index in [4.69, 9.17) is 4.74 Å². The fourth-order valence-corrected chi connectivity index (χ4v) is 5.48. The van der Waals surface area contributed by atoms with Crippen LogP contribution in [0, 0.1) is 17.8 Å². The molecule has 2 aliphatic rings. The summed E-state index contributed by atoms with van der Waals surface area (Å²) in [4.78, 5) is 0. The number of hydrogen-bond donors (Lipinski definition) is 0. The molecular weight excluding hydrogens is 304 g/mol. The van der Waals surface area contributed by atoms with Gasteiger partial charge in [0.1, 0.15) is 0 Å². The molecule has 25 heavy (non-hydrogen) atoms. The number of rotatable bonds is 12. The Morgan fingerprint density at radius 3 is 1.68 bits per heavy atom. The molecule has 0 atom stereocenters. The highest BCUT2D eigenvalue weighted by Crippen LogP contribution is 2.41. The first-order valence-corrected chi connectivity index (χ1v) is 11.9. The summed E-state index contributed by atoms with van der Waals surface area (Å²) in [6.45, 7) is 5.35. The summed E-state index contributed by atoms with van der Waals surface area (Å²) in [7, 11) is 0. The van der Waals surface area contributed by atoms with Crippen molar-refractivity contribution in [3.05, 3.63) is 0 Å². The van der Waals surface area contributed by atoms with Crippen molar-refractivity contribution in [3.63, 3.8) is 0 Å². The molecule has 2 saturated carbocycles. The summed E-state index contributed by atoms with van der Waals surface area (Å²) < 4.78 is 5.83. The molecule has 0 radical (unpaired) electrons. The summed E-state index contributed by atoms with van der Waals surface area (Å²) in [5.74, 6) is 3.15. The second-order valence-corrected chi connectivity index (χ2v) is 9.04. The van der Waals surface area contributed by atoms with Gasteiger partial charge in [-0.15, -0.1) is 0 Å². The van der Waals surface area contributed by atoms with Gasteiger partial charge in [-0.3, -0.25) is 0 Å². The van der Waals surface area contributed by atoms with Crippen LogP contribution in [-0.2, 0) is 4.74 Å². The van der Waals surface area contributed by atoms with E-state index in [1.807, 2.05) is 0 Å². The van der Waals surface area contributed by atoms with Crippen LogP contribution in [0.15, 0.2) is 0 Å². The monoisotopic (exact) mass is 350 g/mol. The van der Waals surface area contributed by atoms with Gasteiger partial charge in [-0.1, -0.05) is 77.6 Å². The van der Waals surface area contributed by atoms with Gasteiger partial charge >= 0.3 is 0 Å². The third kappa shape index (κ3) is 8.46. The smallest absolute Gasteiger partial charge is 0.0575 e. The first-order valence-electron chi connectivity index (χ1n) is 11.9. The maximum atomic E-state index is 5.83. The Hall–Kier alpha value is -0.0400. The Morgan fingerprint density at radius 2 is 1.12 bits per heavy atom. The van der Waals surface area contributed by atoms with Crippen LogP contribution in [0.5, 0.6) is 0 Å². The van der Waals surface area contributed by atoms with Gasteiger partial charge in [0.05, 0.1) is 6.10 Å².